The number of fused-ring (bicyclic) bond motifs is 4. The average molecular weight is 433 g/mol. The van der Waals surface area contributed by atoms with E-state index in [2.05, 4.69) is 30.9 Å². The first-order valence-electron chi connectivity index (χ1n) is 13.5. The van der Waals surface area contributed by atoms with Gasteiger partial charge >= 0.3 is 0 Å². The van der Waals surface area contributed by atoms with Crippen LogP contribution in [0.2, 0.25) is 0 Å². The number of allylic oxidation sites excluding steroid dienone is 4. The van der Waals surface area contributed by atoms with Gasteiger partial charge in [0.25, 0.3) is 0 Å². The molecule has 0 saturated heterocycles. The summed E-state index contributed by atoms with van der Waals surface area (Å²) >= 11 is 0. The normalized spacial score (nSPS) is 37.6. The average Bonchev–Trinajstić information content (AvgIpc) is 3.07. The van der Waals surface area contributed by atoms with Crippen LogP contribution in [0.15, 0.2) is 47.1 Å². The molecule has 0 spiro atoms. The highest BCUT2D eigenvalue weighted by molar-refractivity contribution is 5.93. The molecule has 2 saturated carbocycles. The first-order chi connectivity index (χ1) is 16.5. The first kappa shape index (κ1) is 18.2. The fourth-order valence-electron chi connectivity index (χ4n) is 7.31. The Labute approximate surface area is 196 Å². The molecule has 32 heavy (non-hydrogen) atoms. The lowest BCUT2D eigenvalue weighted by atomic mass is 9.51. The Morgan fingerprint density at radius 2 is 1.97 bits per heavy atom. The molecular formula is C29H35NO2. The van der Waals surface area contributed by atoms with Crippen LogP contribution in [0.25, 0.3) is 0 Å². The maximum absolute atomic E-state index is 12.2. The van der Waals surface area contributed by atoms with Crippen molar-refractivity contribution in [2.75, 3.05) is 18.9 Å². The maximum Gasteiger partial charge on any atom is 0.156 e. The van der Waals surface area contributed by atoms with Crippen molar-refractivity contribution < 1.29 is 14.0 Å². The lowest BCUT2D eigenvalue weighted by molar-refractivity contribution is -0.114. The molecule has 168 valence electrons. The van der Waals surface area contributed by atoms with Crippen LogP contribution in [-0.2, 0) is 4.79 Å². The molecule has 3 nitrogen and oxygen atoms in total. The summed E-state index contributed by atoms with van der Waals surface area (Å²) < 4.78 is 23.2. The summed E-state index contributed by atoms with van der Waals surface area (Å²) in [4.78, 5) is 13.5. The summed E-state index contributed by atoms with van der Waals surface area (Å²) in [7, 11) is 1.59. The molecule has 0 radical (unpaired) electrons. The quantitative estimate of drug-likeness (QED) is 0.636. The monoisotopic (exact) mass is 432 g/mol. The smallest absolute Gasteiger partial charge is 0.156 e. The molecule has 1 aromatic rings. The van der Waals surface area contributed by atoms with E-state index in [0.717, 1.165) is 37.7 Å². The van der Waals surface area contributed by atoms with Gasteiger partial charge in [0.2, 0.25) is 0 Å². The Bertz CT molecular complexity index is 1170. The van der Waals surface area contributed by atoms with Gasteiger partial charge in [-0.05, 0) is 92.2 Å². The van der Waals surface area contributed by atoms with E-state index in [1.54, 1.807) is 14.0 Å². The number of benzene rings is 1. The summed E-state index contributed by atoms with van der Waals surface area (Å²) in [6.07, 6.45) is 7.63. The molecule has 5 atom stereocenters. The van der Waals surface area contributed by atoms with Crippen molar-refractivity contribution in [2.45, 2.75) is 70.3 Å². The van der Waals surface area contributed by atoms with E-state index in [4.69, 9.17) is 4.11 Å². The number of carbonyl (C=O) groups is 1. The van der Waals surface area contributed by atoms with Gasteiger partial charge in [0.1, 0.15) is 5.60 Å². The molecule has 3 heteroatoms. The highest BCUT2D eigenvalue weighted by Crippen LogP contribution is 2.66. The van der Waals surface area contributed by atoms with Crippen LogP contribution < -0.4 is 4.90 Å². The Kier molecular flexibility index (Phi) is 4.33. The number of hydrogen-bond acceptors (Lipinski definition) is 3. The second kappa shape index (κ2) is 7.63. The minimum Gasteiger partial charge on any atom is -0.378 e. The maximum atomic E-state index is 12.2. The van der Waals surface area contributed by atoms with E-state index in [1.807, 2.05) is 18.2 Å². The summed E-state index contributed by atoms with van der Waals surface area (Å²) in [6, 6.07) is 7.91. The highest BCUT2D eigenvalue weighted by Gasteiger charge is 2.62. The van der Waals surface area contributed by atoms with Crippen molar-refractivity contribution in [3.63, 3.8) is 0 Å². The van der Waals surface area contributed by atoms with E-state index in [-0.39, 0.29) is 17.1 Å². The molecule has 0 bridgehead atoms. The Morgan fingerprint density at radius 3 is 2.69 bits per heavy atom. The van der Waals surface area contributed by atoms with E-state index in [1.165, 1.54) is 21.6 Å². The molecule has 4 aliphatic carbocycles. The number of rotatable bonds is 2. The highest BCUT2D eigenvalue weighted by atomic mass is 16.3. The minimum atomic E-state index is -2.19. The second-order valence-corrected chi connectivity index (χ2v) is 10.4. The van der Waals surface area contributed by atoms with Crippen LogP contribution in [0.4, 0.5) is 5.69 Å². The van der Waals surface area contributed by atoms with Crippen LogP contribution in [-0.4, -0.2) is 30.5 Å². The van der Waals surface area contributed by atoms with Gasteiger partial charge in [-0.15, -0.1) is 5.92 Å². The molecule has 0 aliphatic heterocycles. The Balaban J connectivity index is 1.63. The fraction of sp³-hybridized carbons (Fsp3) is 0.552. The third-order valence-electron chi connectivity index (χ3n) is 8.90. The standard InChI is InChI=1S/C29H35NO2/c1-5-15-29(32)16-14-26-24-12-8-20-17-22(31)11-13-23(20)27(24)25(18-28(26,29)2)19-6-9-21(10-7-19)30(3)4/h6-7,9-10,17,24-26,32H,8,11-14,16,18H2,1-4H3/t24?,25?,26?,28-,29-/m0/s1/i3D3. The lowest BCUT2D eigenvalue weighted by Crippen LogP contribution is -2.51. The summed E-state index contributed by atoms with van der Waals surface area (Å²) in [6.45, 7) is 1.84. The summed E-state index contributed by atoms with van der Waals surface area (Å²) in [5.74, 6) is 7.28. The van der Waals surface area contributed by atoms with Gasteiger partial charge in [-0.2, -0.15) is 0 Å². The van der Waals surface area contributed by atoms with Crippen molar-refractivity contribution in [1.29, 1.82) is 0 Å². The molecule has 2 fully saturated rings. The zero-order chi connectivity index (χ0) is 25.2. The van der Waals surface area contributed by atoms with Gasteiger partial charge in [-0.3, -0.25) is 4.79 Å². The van der Waals surface area contributed by atoms with Gasteiger partial charge < -0.3 is 10.0 Å². The summed E-state index contributed by atoms with van der Waals surface area (Å²) in [5, 5.41) is 11.8. The third kappa shape index (κ3) is 3.11. The fourth-order valence-corrected chi connectivity index (χ4v) is 7.31. The Morgan fingerprint density at radius 1 is 1.19 bits per heavy atom. The number of ketones is 1. The van der Waals surface area contributed by atoms with Gasteiger partial charge in [0, 0.05) is 41.6 Å². The SMILES string of the molecule is [2H]C([2H])([2H])N(C)c1ccc(C2C[C@@]3(C)C(CC[C@@]3(O)C#CC)C3CCC4=CC(=O)CCC4=C23)cc1. The van der Waals surface area contributed by atoms with Gasteiger partial charge in [-0.25, -0.2) is 0 Å². The van der Waals surface area contributed by atoms with Gasteiger partial charge in [-0.1, -0.05) is 30.6 Å². The van der Waals surface area contributed by atoms with Crippen molar-refractivity contribution in [3.8, 4) is 11.8 Å². The van der Waals surface area contributed by atoms with E-state index in [0.29, 0.717) is 30.4 Å². The van der Waals surface area contributed by atoms with Crippen molar-refractivity contribution in [1.82, 2.24) is 0 Å². The van der Waals surface area contributed by atoms with Crippen LogP contribution in [0.5, 0.6) is 0 Å². The van der Waals surface area contributed by atoms with E-state index < -0.39 is 12.6 Å². The first-order valence-corrected chi connectivity index (χ1v) is 12.0. The van der Waals surface area contributed by atoms with Crippen LogP contribution >= 0.6 is 0 Å². The predicted molar refractivity (Wildman–Crippen MR) is 129 cm³/mol. The number of carbonyl (C=O) groups excluding carboxylic acids is 1. The molecule has 5 rings (SSSR count). The molecule has 4 aliphatic rings. The molecule has 0 amide bonds. The van der Waals surface area contributed by atoms with Crippen LogP contribution in [0.1, 0.15) is 74.4 Å². The summed E-state index contributed by atoms with van der Waals surface area (Å²) in [5.41, 5.74) is 4.52. The molecule has 1 N–H and O–H groups in total. The van der Waals surface area contributed by atoms with Crippen molar-refractivity contribution in [2.24, 2.45) is 17.3 Å². The molecule has 0 aromatic heterocycles. The molecular weight excluding hydrogens is 394 g/mol. The van der Waals surface area contributed by atoms with Crippen molar-refractivity contribution in [3.05, 3.63) is 52.6 Å². The zero-order valence-electron chi connectivity index (χ0n) is 22.4. The number of aliphatic hydroxyl groups is 1. The molecule has 3 unspecified atom stereocenters. The second-order valence-electron chi connectivity index (χ2n) is 10.4. The zero-order valence-corrected chi connectivity index (χ0v) is 19.4. The third-order valence-corrected chi connectivity index (χ3v) is 8.90. The lowest BCUT2D eigenvalue weighted by Gasteiger charge is -2.53. The van der Waals surface area contributed by atoms with Crippen molar-refractivity contribution >= 4 is 11.5 Å². The predicted octanol–water partition coefficient (Wildman–Crippen LogP) is 5.41. The largest absolute Gasteiger partial charge is 0.378 e. The van der Waals surface area contributed by atoms with Gasteiger partial charge in [0.05, 0.1) is 0 Å². The van der Waals surface area contributed by atoms with Crippen LogP contribution in [0, 0.1) is 29.1 Å². The minimum absolute atomic E-state index is 0.114. The van der Waals surface area contributed by atoms with E-state index in [9.17, 15) is 9.90 Å². The van der Waals surface area contributed by atoms with Gasteiger partial charge in [0.15, 0.2) is 5.78 Å². The van der Waals surface area contributed by atoms with Crippen LogP contribution in [0.3, 0.4) is 0 Å². The topological polar surface area (TPSA) is 40.5 Å². The number of nitrogens with zero attached hydrogens (tertiary/aromatic N) is 1. The van der Waals surface area contributed by atoms with E-state index >= 15 is 0 Å². The number of hydrogen-bond donors (Lipinski definition) is 1. The molecule has 0 heterocycles. The number of anilines is 1. The Hall–Kier alpha value is -2.31. The molecule has 1 aromatic carbocycles.